The third kappa shape index (κ3) is 3.77. The van der Waals surface area contributed by atoms with Crippen LogP contribution in [0.25, 0.3) is 0 Å². The number of hydrogen-bond donors (Lipinski definition) is 2. The van der Waals surface area contributed by atoms with Crippen LogP contribution in [0, 0.1) is 12.3 Å². The maximum Gasteiger partial charge on any atom is 0.241 e. The molecule has 118 valence electrons. The molecule has 1 fully saturated rings. The van der Waals surface area contributed by atoms with Crippen molar-refractivity contribution in [3.05, 3.63) is 28.3 Å². The highest BCUT2D eigenvalue weighted by molar-refractivity contribution is 7.89. The van der Waals surface area contributed by atoms with Gasteiger partial charge in [0.05, 0.1) is 4.90 Å². The molecule has 1 aliphatic rings. The van der Waals surface area contributed by atoms with Crippen molar-refractivity contribution in [2.45, 2.75) is 57.5 Å². The van der Waals surface area contributed by atoms with Gasteiger partial charge in [-0.25, -0.2) is 13.1 Å². The molecule has 0 spiro atoms. The molecule has 1 unspecified atom stereocenters. The minimum Gasteiger partial charge on any atom is -0.326 e. The van der Waals surface area contributed by atoms with Gasteiger partial charge in [-0.1, -0.05) is 25.4 Å². The van der Waals surface area contributed by atoms with E-state index < -0.39 is 10.0 Å². The lowest BCUT2D eigenvalue weighted by molar-refractivity contribution is 0.372. The average Bonchev–Trinajstić information content (AvgIpc) is 2.70. The monoisotopic (exact) mass is 330 g/mol. The quantitative estimate of drug-likeness (QED) is 0.891. The molecule has 0 saturated heterocycles. The molecule has 0 bridgehead atoms. The van der Waals surface area contributed by atoms with Crippen molar-refractivity contribution >= 4 is 21.6 Å². The van der Waals surface area contributed by atoms with E-state index in [0.29, 0.717) is 10.6 Å². The Morgan fingerprint density at radius 3 is 2.62 bits per heavy atom. The number of rotatable bonds is 4. The zero-order valence-corrected chi connectivity index (χ0v) is 14.3. The summed E-state index contributed by atoms with van der Waals surface area (Å²) >= 11 is 6.02. The molecular formula is C15H23ClN2O2S. The molecule has 3 N–H and O–H groups in total. The molecule has 4 nitrogen and oxygen atoms in total. The van der Waals surface area contributed by atoms with Crippen molar-refractivity contribution in [3.8, 4) is 0 Å². The second kappa shape index (κ2) is 5.88. The van der Waals surface area contributed by atoms with Crippen LogP contribution in [0.3, 0.4) is 0 Å². The maximum atomic E-state index is 12.6. The van der Waals surface area contributed by atoms with Gasteiger partial charge in [-0.15, -0.1) is 0 Å². The van der Waals surface area contributed by atoms with Crippen LogP contribution in [0.2, 0.25) is 5.02 Å². The fourth-order valence-electron chi connectivity index (χ4n) is 3.02. The van der Waals surface area contributed by atoms with Crippen LogP contribution in [-0.2, 0) is 16.6 Å². The van der Waals surface area contributed by atoms with Crippen molar-refractivity contribution in [1.29, 1.82) is 0 Å². The van der Waals surface area contributed by atoms with Gasteiger partial charge in [0.2, 0.25) is 10.0 Å². The predicted octanol–water partition coefficient (Wildman–Crippen LogP) is 2.96. The van der Waals surface area contributed by atoms with E-state index in [1.54, 1.807) is 13.0 Å². The molecule has 21 heavy (non-hydrogen) atoms. The van der Waals surface area contributed by atoms with Gasteiger partial charge in [0.25, 0.3) is 0 Å². The summed E-state index contributed by atoms with van der Waals surface area (Å²) < 4.78 is 28.1. The molecule has 0 amide bonds. The molecule has 0 heterocycles. The Balaban J connectivity index is 2.30. The minimum absolute atomic E-state index is 0.00953. The van der Waals surface area contributed by atoms with Crippen LogP contribution in [0.15, 0.2) is 17.0 Å². The maximum absolute atomic E-state index is 12.6. The van der Waals surface area contributed by atoms with E-state index in [0.717, 1.165) is 24.8 Å². The molecule has 6 heteroatoms. The van der Waals surface area contributed by atoms with Crippen LogP contribution >= 0.6 is 11.6 Å². The standard InChI is InChI=1S/C15H23ClN2O2S/c1-10-11(9-17)6-12(16)7-14(10)21(19,20)18-13-4-5-15(2,3)8-13/h6-7,13,18H,4-5,8-9,17H2,1-3H3. The number of nitrogens with one attached hydrogen (secondary N) is 1. The Hall–Kier alpha value is -0.620. The van der Waals surface area contributed by atoms with Crippen molar-refractivity contribution in [3.63, 3.8) is 0 Å². The topological polar surface area (TPSA) is 72.2 Å². The number of halogens is 1. The Morgan fingerprint density at radius 2 is 2.10 bits per heavy atom. The second-order valence-electron chi connectivity index (χ2n) is 6.62. The van der Waals surface area contributed by atoms with Gasteiger partial charge < -0.3 is 5.73 Å². The molecule has 0 aromatic heterocycles. The molecular weight excluding hydrogens is 308 g/mol. The third-order valence-corrected chi connectivity index (χ3v) is 6.10. The Morgan fingerprint density at radius 1 is 1.43 bits per heavy atom. The number of hydrogen-bond acceptors (Lipinski definition) is 3. The summed E-state index contributed by atoms with van der Waals surface area (Å²) in [5.74, 6) is 0. The lowest BCUT2D eigenvalue weighted by atomic mass is 9.92. The van der Waals surface area contributed by atoms with E-state index in [9.17, 15) is 8.42 Å². The Kier molecular flexibility index (Phi) is 4.69. The van der Waals surface area contributed by atoms with Crippen molar-refractivity contribution in [2.75, 3.05) is 0 Å². The number of nitrogens with two attached hydrogens (primary N) is 1. The first kappa shape index (κ1) is 16.7. The van der Waals surface area contributed by atoms with Crippen LogP contribution < -0.4 is 10.5 Å². The third-order valence-electron chi connectivity index (χ3n) is 4.23. The van der Waals surface area contributed by atoms with Crippen molar-refractivity contribution in [1.82, 2.24) is 4.72 Å². The number of sulfonamides is 1. The molecule has 1 aromatic rings. The van der Waals surface area contributed by atoms with Gasteiger partial charge in [0.15, 0.2) is 0 Å². The van der Waals surface area contributed by atoms with Gasteiger partial charge in [-0.05, 0) is 54.9 Å². The lowest BCUT2D eigenvalue weighted by Crippen LogP contribution is -2.34. The molecule has 1 atom stereocenters. The molecule has 1 aliphatic carbocycles. The molecule has 1 aromatic carbocycles. The van der Waals surface area contributed by atoms with E-state index >= 15 is 0 Å². The van der Waals surface area contributed by atoms with Gasteiger partial charge >= 0.3 is 0 Å². The highest BCUT2D eigenvalue weighted by Crippen LogP contribution is 2.37. The summed E-state index contributed by atoms with van der Waals surface area (Å²) in [6.07, 6.45) is 2.76. The number of benzene rings is 1. The SMILES string of the molecule is Cc1c(CN)cc(Cl)cc1S(=O)(=O)NC1CCC(C)(C)C1. The molecule has 0 aliphatic heterocycles. The van der Waals surface area contributed by atoms with Crippen molar-refractivity contribution in [2.24, 2.45) is 11.1 Å². The largest absolute Gasteiger partial charge is 0.326 e. The molecule has 2 rings (SSSR count). The zero-order valence-electron chi connectivity index (χ0n) is 12.7. The van der Waals surface area contributed by atoms with Crippen LogP contribution in [0.1, 0.15) is 44.2 Å². The first-order chi connectivity index (χ1) is 9.64. The van der Waals surface area contributed by atoms with Gasteiger partial charge in [0.1, 0.15) is 0 Å². The van der Waals surface area contributed by atoms with Gasteiger partial charge in [-0.2, -0.15) is 0 Å². The normalized spacial score (nSPS) is 21.7. The fraction of sp³-hybridized carbons (Fsp3) is 0.600. The Labute approximate surface area is 132 Å². The first-order valence-electron chi connectivity index (χ1n) is 7.16. The van der Waals surface area contributed by atoms with E-state index in [1.807, 2.05) is 0 Å². The van der Waals surface area contributed by atoms with Crippen LogP contribution in [0.5, 0.6) is 0 Å². The summed E-state index contributed by atoms with van der Waals surface area (Å²) in [6.45, 7) is 6.37. The average molecular weight is 331 g/mol. The van der Waals surface area contributed by atoms with E-state index in [4.69, 9.17) is 17.3 Å². The predicted molar refractivity (Wildman–Crippen MR) is 85.8 cm³/mol. The Bertz CT molecular complexity index is 641. The summed E-state index contributed by atoms with van der Waals surface area (Å²) in [5.41, 5.74) is 7.28. The van der Waals surface area contributed by atoms with Crippen LogP contribution in [-0.4, -0.2) is 14.5 Å². The van der Waals surface area contributed by atoms with Crippen molar-refractivity contribution < 1.29 is 8.42 Å². The molecule has 0 radical (unpaired) electrons. The summed E-state index contributed by atoms with van der Waals surface area (Å²) in [4.78, 5) is 0.236. The second-order valence-corrected chi connectivity index (χ2v) is 8.74. The minimum atomic E-state index is -3.57. The molecule has 1 saturated carbocycles. The van der Waals surface area contributed by atoms with Gasteiger partial charge in [-0.3, -0.25) is 0 Å². The summed E-state index contributed by atoms with van der Waals surface area (Å²) in [7, 11) is -3.57. The highest BCUT2D eigenvalue weighted by Gasteiger charge is 2.34. The lowest BCUT2D eigenvalue weighted by Gasteiger charge is -2.19. The van der Waals surface area contributed by atoms with Crippen LogP contribution in [0.4, 0.5) is 0 Å². The first-order valence-corrected chi connectivity index (χ1v) is 9.02. The summed E-state index contributed by atoms with van der Waals surface area (Å²) in [6, 6.07) is 3.21. The van der Waals surface area contributed by atoms with Gasteiger partial charge in [0, 0.05) is 17.6 Å². The zero-order chi connectivity index (χ0) is 15.8. The van der Waals surface area contributed by atoms with E-state index in [-0.39, 0.29) is 22.9 Å². The highest BCUT2D eigenvalue weighted by atomic mass is 35.5. The summed E-state index contributed by atoms with van der Waals surface area (Å²) in [5, 5.41) is 0.396. The van der Waals surface area contributed by atoms with E-state index in [2.05, 4.69) is 18.6 Å². The fourth-order valence-corrected chi connectivity index (χ4v) is 4.91. The van der Waals surface area contributed by atoms with E-state index in [1.165, 1.54) is 6.07 Å². The smallest absolute Gasteiger partial charge is 0.241 e.